The number of fused-ring (bicyclic) bond motifs is 1. The van der Waals surface area contributed by atoms with E-state index in [1.54, 1.807) is 10.9 Å². The van der Waals surface area contributed by atoms with Crippen molar-refractivity contribution in [3.8, 4) is 0 Å². The van der Waals surface area contributed by atoms with Crippen LogP contribution in [0.2, 0.25) is 0 Å². The van der Waals surface area contributed by atoms with Crippen LogP contribution in [0.15, 0.2) is 12.3 Å². The van der Waals surface area contributed by atoms with E-state index in [9.17, 15) is 4.79 Å². The van der Waals surface area contributed by atoms with Gasteiger partial charge in [-0.2, -0.15) is 5.10 Å². The van der Waals surface area contributed by atoms with Gasteiger partial charge >= 0.3 is 0 Å². The molecular formula is C15H21N5O. The lowest BCUT2D eigenvalue weighted by atomic mass is 10.0. The molecule has 1 aliphatic heterocycles. The monoisotopic (exact) mass is 287 g/mol. The van der Waals surface area contributed by atoms with Gasteiger partial charge in [0.25, 0.3) is 0 Å². The summed E-state index contributed by atoms with van der Waals surface area (Å²) in [5, 5.41) is 11.6. The molecule has 3 rings (SSSR count). The van der Waals surface area contributed by atoms with E-state index >= 15 is 0 Å². The number of hydrogen-bond acceptors (Lipinski definition) is 4. The molecule has 2 aromatic heterocycles. The molecule has 0 radical (unpaired) electrons. The van der Waals surface area contributed by atoms with Gasteiger partial charge in [0.1, 0.15) is 0 Å². The van der Waals surface area contributed by atoms with E-state index in [0.29, 0.717) is 12.3 Å². The third kappa shape index (κ3) is 3.05. The quantitative estimate of drug-likeness (QED) is 0.896. The zero-order valence-corrected chi connectivity index (χ0v) is 12.5. The van der Waals surface area contributed by atoms with Crippen LogP contribution in [0, 0.1) is 12.8 Å². The van der Waals surface area contributed by atoms with Gasteiger partial charge in [-0.05, 0) is 44.8 Å². The molecule has 0 bridgehead atoms. The van der Waals surface area contributed by atoms with Gasteiger partial charge in [0.05, 0.1) is 17.6 Å². The van der Waals surface area contributed by atoms with Crippen LogP contribution in [-0.4, -0.2) is 33.8 Å². The molecule has 21 heavy (non-hydrogen) atoms. The lowest BCUT2D eigenvalue weighted by Gasteiger charge is -2.08. The Hall–Kier alpha value is -1.95. The summed E-state index contributed by atoms with van der Waals surface area (Å²) in [7, 11) is 1.87. The zero-order valence-electron chi connectivity index (χ0n) is 12.5. The first-order valence-electron chi connectivity index (χ1n) is 7.43. The minimum absolute atomic E-state index is 0.0598. The van der Waals surface area contributed by atoms with Gasteiger partial charge in [-0.3, -0.25) is 9.48 Å². The molecule has 6 heteroatoms. The van der Waals surface area contributed by atoms with Crippen LogP contribution >= 0.6 is 0 Å². The maximum absolute atomic E-state index is 12.0. The molecule has 0 saturated carbocycles. The lowest BCUT2D eigenvalue weighted by molar-refractivity contribution is -0.116. The summed E-state index contributed by atoms with van der Waals surface area (Å²) < 4.78 is 1.75. The zero-order chi connectivity index (χ0) is 14.8. The van der Waals surface area contributed by atoms with Gasteiger partial charge in [-0.25, -0.2) is 4.98 Å². The van der Waals surface area contributed by atoms with E-state index in [1.807, 2.05) is 20.0 Å². The third-order valence-electron chi connectivity index (χ3n) is 4.09. The molecule has 0 aromatic carbocycles. The molecule has 2 N–H and O–H groups in total. The minimum atomic E-state index is 0.0598. The molecule has 1 fully saturated rings. The Balaban J connectivity index is 1.63. The highest BCUT2D eigenvalue weighted by atomic mass is 16.1. The van der Waals surface area contributed by atoms with Crippen molar-refractivity contribution in [3.63, 3.8) is 0 Å². The highest BCUT2D eigenvalue weighted by molar-refractivity contribution is 5.93. The van der Waals surface area contributed by atoms with Crippen LogP contribution in [0.1, 0.15) is 25.0 Å². The van der Waals surface area contributed by atoms with Crippen molar-refractivity contribution in [1.29, 1.82) is 0 Å². The van der Waals surface area contributed by atoms with E-state index in [2.05, 4.69) is 20.7 Å². The number of amides is 1. The van der Waals surface area contributed by atoms with E-state index < -0.39 is 0 Å². The molecule has 1 atom stereocenters. The van der Waals surface area contributed by atoms with Crippen LogP contribution in [-0.2, 0) is 11.8 Å². The lowest BCUT2D eigenvalue weighted by Crippen LogP contribution is -2.15. The molecule has 6 nitrogen and oxygen atoms in total. The average Bonchev–Trinajstić information content (AvgIpc) is 3.06. The molecule has 3 heterocycles. The first-order valence-corrected chi connectivity index (χ1v) is 7.43. The summed E-state index contributed by atoms with van der Waals surface area (Å²) in [6.45, 7) is 4.06. The molecule has 2 aromatic rings. The van der Waals surface area contributed by atoms with Gasteiger partial charge in [0, 0.05) is 18.9 Å². The van der Waals surface area contributed by atoms with Crippen LogP contribution in [0.25, 0.3) is 11.0 Å². The summed E-state index contributed by atoms with van der Waals surface area (Å²) in [4.78, 5) is 16.4. The summed E-state index contributed by atoms with van der Waals surface area (Å²) in [5.74, 6) is 0.696. The highest BCUT2D eigenvalue weighted by Crippen LogP contribution is 2.20. The highest BCUT2D eigenvalue weighted by Gasteiger charge is 2.16. The van der Waals surface area contributed by atoms with E-state index in [1.165, 1.54) is 6.42 Å². The Bertz CT molecular complexity index is 657. The van der Waals surface area contributed by atoms with Crippen LogP contribution in [0.5, 0.6) is 0 Å². The molecule has 112 valence electrons. The number of pyridine rings is 1. The van der Waals surface area contributed by atoms with Gasteiger partial charge < -0.3 is 10.6 Å². The second-order valence-electron chi connectivity index (χ2n) is 5.75. The third-order valence-corrected chi connectivity index (χ3v) is 4.09. The number of rotatable bonds is 4. The van der Waals surface area contributed by atoms with Crippen molar-refractivity contribution in [2.75, 3.05) is 18.4 Å². The maximum Gasteiger partial charge on any atom is 0.224 e. The molecule has 0 aliphatic carbocycles. The summed E-state index contributed by atoms with van der Waals surface area (Å²) in [5.41, 5.74) is 2.50. The van der Waals surface area contributed by atoms with Crippen molar-refractivity contribution in [1.82, 2.24) is 20.1 Å². The Morgan fingerprint density at radius 2 is 2.43 bits per heavy atom. The molecule has 1 amide bonds. The van der Waals surface area contributed by atoms with Crippen molar-refractivity contribution in [2.24, 2.45) is 13.0 Å². The number of aryl methyl sites for hydroxylation is 2. The molecular weight excluding hydrogens is 266 g/mol. The Morgan fingerprint density at radius 3 is 3.19 bits per heavy atom. The first-order chi connectivity index (χ1) is 10.1. The normalized spacial score (nSPS) is 18.3. The average molecular weight is 287 g/mol. The summed E-state index contributed by atoms with van der Waals surface area (Å²) in [6, 6.07) is 1.94. The number of anilines is 1. The number of carbonyl (C=O) groups is 1. The Kier molecular flexibility index (Phi) is 3.88. The summed E-state index contributed by atoms with van der Waals surface area (Å²) in [6.07, 6.45) is 4.38. The maximum atomic E-state index is 12.0. The van der Waals surface area contributed by atoms with Crippen LogP contribution in [0.3, 0.4) is 0 Å². The first kappa shape index (κ1) is 14.0. The predicted molar refractivity (Wildman–Crippen MR) is 82.1 cm³/mol. The number of nitrogens with one attached hydrogen (secondary N) is 2. The number of nitrogens with zero attached hydrogens (tertiary/aromatic N) is 3. The molecule has 1 unspecified atom stereocenters. The van der Waals surface area contributed by atoms with Crippen LogP contribution < -0.4 is 10.6 Å². The summed E-state index contributed by atoms with van der Waals surface area (Å²) >= 11 is 0. The standard InChI is InChI=1S/C15H21N5O/c1-10-13-7-12(9-17-15(13)20(2)19-10)18-14(21)4-3-11-5-6-16-8-11/h7,9,11,16H,3-6,8H2,1-2H3,(H,18,21). The number of hydrogen-bond donors (Lipinski definition) is 2. The fourth-order valence-corrected chi connectivity index (χ4v) is 2.90. The van der Waals surface area contributed by atoms with Gasteiger partial charge in [0.15, 0.2) is 5.65 Å². The fraction of sp³-hybridized carbons (Fsp3) is 0.533. The minimum Gasteiger partial charge on any atom is -0.325 e. The number of aromatic nitrogens is 3. The van der Waals surface area contributed by atoms with Crippen LogP contribution in [0.4, 0.5) is 5.69 Å². The second-order valence-corrected chi connectivity index (χ2v) is 5.75. The van der Waals surface area contributed by atoms with E-state index in [0.717, 1.165) is 41.9 Å². The smallest absolute Gasteiger partial charge is 0.224 e. The van der Waals surface area contributed by atoms with Gasteiger partial charge in [0.2, 0.25) is 5.91 Å². The fourth-order valence-electron chi connectivity index (χ4n) is 2.90. The van der Waals surface area contributed by atoms with Crippen molar-refractivity contribution < 1.29 is 4.79 Å². The second kappa shape index (κ2) is 5.81. The largest absolute Gasteiger partial charge is 0.325 e. The number of carbonyl (C=O) groups excluding carboxylic acids is 1. The van der Waals surface area contributed by atoms with E-state index in [4.69, 9.17) is 0 Å². The Labute approximate surface area is 123 Å². The van der Waals surface area contributed by atoms with Crippen molar-refractivity contribution in [3.05, 3.63) is 18.0 Å². The van der Waals surface area contributed by atoms with Crippen molar-refractivity contribution >= 4 is 22.6 Å². The molecule has 0 spiro atoms. The van der Waals surface area contributed by atoms with Crippen molar-refractivity contribution in [2.45, 2.75) is 26.2 Å². The Morgan fingerprint density at radius 1 is 1.57 bits per heavy atom. The SMILES string of the molecule is Cc1nn(C)c2ncc(NC(=O)CCC3CCNC3)cc12. The molecule has 1 aliphatic rings. The van der Waals surface area contributed by atoms with E-state index in [-0.39, 0.29) is 5.91 Å². The van der Waals surface area contributed by atoms with Gasteiger partial charge in [-0.1, -0.05) is 0 Å². The molecule has 1 saturated heterocycles. The predicted octanol–water partition coefficient (Wildman–Crippen LogP) is 1.60. The van der Waals surface area contributed by atoms with Gasteiger partial charge in [-0.15, -0.1) is 0 Å². The topological polar surface area (TPSA) is 71.8 Å².